The summed E-state index contributed by atoms with van der Waals surface area (Å²) in [6, 6.07) is 0. The monoisotopic (exact) mass is 665 g/mol. The molecule has 278 valence electrons. The number of rotatable bonds is 38. The molecule has 1 unspecified atom stereocenters. The van der Waals surface area contributed by atoms with E-state index in [1.807, 2.05) is 0 Å². The van der Waals surface area contributed by atoms with Crippen LogP contribution in [0.5, 0.6) is 0 Å². The average Bonchev–Trinajstić information content (AvgIpc) is 3.07. The Balaban J connectivity index is 3.46. The number of aliphatic hydroxyl groups is 1. The van der Waals surface area contributed by atoms with Gasteiger partial charge in [-0.25, -0.2) is 0 Å². The van der Waals surface area contributed by atoms with Crippen LogP contribution < -0.4 is 0 Å². The number of hydrogen-bond donors (Lipinski definition) is 1. The number of esters is 2. The van der Waals surface area contributed by atoms with Gasteiger partial charge in [0.25, 0.3) is 0 Å². The maximum absolute atomic E-state index is 12.2. The minimum absolute atomic E-state index is 0.0602. The van der Waals surface area contributed by atoms with Gasteiger partial charge in [-0.15, -0.1) is 0 Å². The molecule has 0 amide bonds. The van der Waals surface area contributed by atoms with Crippen LogP contribution >= 0.6 is 0 Å². The Hall–Kier alpha value is -1.36. The van der Waals surface area contributed by atoms with E-state index in [2.05, 4.69) is 26.0 Å². The summed E-state index contributed by atoms with van der Waals surface area (Å²) in [6.45, 7) is 4.14. The summed E-state index contributed by atoms with van der Waals surface area (Å²) < 4.78 is 10.6. The summed E-state index contributed by atoms with van der Waals surface area (Å²) in [5.41, 5.74) is 0. The zero-order chi connectivity index (χ0) is 34.3. The van der Waals surface area contributed by atoms with E-state index in [0.29, 0.717) is 12.8 Å². The third-order valence-corrected chi connectivity index (χ3v) is 9.31. The lowest BCUT2D eigenvalue weighted by molar-refractivity contribution is -0.161. The molecule has 0 radical (unpaired) electrons. The van der Waals surface area contributed by atoms with E-state index in [9.17, 15) is 14.7 Å². The van der Waals surface area contributed by atoms with Crippen LogP contribution in [-0.2, 0) is 19.1 Å². The fourth-order valence-corrected chi connectivity index (χ4v) is 6.14. The van der Waals surface area contributed by atoms with Crippen LogP contribution in [0.3, 0.4) is 0 Å². The van der Waals surface area contributed by atoms with Gasteiger partial charge in [0.2, 0.25) is 0 Å². The van der Waals surface area contributed by atoms with Gasteiger partial charge in [-0.3, -0.25) is 9.59 Å². The number of carbonyl (C=O) groups is 2. The highest BCUT2D eigenvalue weighted by molar-refractivity contribution is 5.70. The van der Waals surface area contributed by atoms with Crippen molar-refractivity contribution in [1.29, 1.82) is 0 Å². The third kappa shape index (κ3) is 37.3. The Labute approximate surface area is 292 Å². The van der Waals surface area contributed by atoms with E-state index in [0.717, 1.165) is 38.5 Å². The van der Waals surface area contributed by atoms with E-state index < -0.39 is 6.10 Å². The molecule has 0 aliphatic rings. The molecule has 0 heterocycles. The van der Waals surface area contributed by atoms with Crippen LogP contribution in [-0.4, -0.2) is 36.4 Å². The van der Waals surface area contributed by atoms with Crippen molar-refractivity contribution in [2.24, 2.45) is 0 Å². The second-order valence-corrected chi connectivity index (χ2v) is 14.1. The van der Waals surface area contributed by atoms with Crippen molar-refractivity contribution in [2.45, 2.75) is 232 Å². The predicted octanol–water partition coefficient (Wildman–Crippen LogP) is 12.9. The van der Waals surface area contributed by atoms with Gasteiger partial charge in [0.15, 0.2) is 6.10 Å². The molecule has 0 aliphatic carbocycles. The molecule has 0 aromatic heterocycles. The summed E-state index contributed by atoms with van der Waals surface area (Å²) in [5.74, 6) is -0.583. The normalized spacial score (nSPS) is 12.1. The van der Waals surface area contributed by atoms with Gasteiger partial charge in [-0.2, -0.15) is 0 Å². The molecule has 1 N–H and O–H groups in total. The Morgan fingerprint density at radius 2 is 0.787 bits per heavy atom. The molecule has 0 saturated carbocycles. The Kier molecular flexibility index (Phi) is 38.0. The first kappa shape index (κ1) is 45.6. The molecule has 0 fully saturated rings. The number of hydrogen-bond acceptors (Lipinski definition) is 5. The van der Waals surface area contributed by atoms with Gasteiger partial charge in [0, 0.05) is 12.8 Å². The molecule has 0 aliphatic heterocycles. The fraction of sp³-hybridized carbons (Fsp3) is 0.905. The highest BCUT2D eigenvalue weighted by atomic mass is 16.6. The van der Waals surface area contributed by atoms with Gasteiger partial charge in [-0.1, -0.05) is 187 Å². The smallest absolute Gasteiger partial charge is 0.306 e. The molecule has 5 heteroatoms. The summed E-state index contributed by atoms with van der Waals surface area (Å²) in [6.07, 6.45) is 44.3. The van der Waals surface area contributed by atoms with Gasteiger partial charge in [0.1, 0.15) is 6.61 Å². The van der Waals surface area contributed by atoms with Crippen LogP contribution in [0.2, 0.25) is 0 Å². The number of unbranched alkanes of at least 4 members (excludes halogenated alkanes) is 28. The largest absolute Gasteiger partial charge is 0.462 e. The molecule has 0 spiro atoms. The summed E-state index contributed by atoms with van der Waals surface area (Å²) >= 11 is 0. The third-order valence-electron chi connectivity index (χ3n) is 9.31. The van der Waals surface area contributed by atoms with E-state index in [1.54, 1.807) is 0 Å². The van der Waals surface area contributed by atoms with Crippen LogP contribution in [0.25, 0.3) is 0 Å². The van der Waals surface area contributed by atoms with Gasteiger partial charge >= 0.3 is 11.9 Å². The first-order valence-electron chi connectivity index (χ1n) is 20.7. The maximum Gasteiger partial charge on any atom is 0.306 e. The maximum atomic E-state index is 12.2. The zero-order valence-electron chi connectivity index (χ0n) is 31.6. The predicted molar refractivity (Wildman–Crippen MR) is 201 cm³/mol. The van der Waals surface area contributed by atoms with Crippen molar-refractivity contribution in [3.8, 4) is 0 Å². The first-order chi connectivity index (χ1) is 23.1. The molecule has 0 saturated heterocycles. The summed E-state index contributed by atoms with van der Waals surface area (Å²) in [7, 11) is 0. The summed E-state index contributed by atoms with van der Waals surface area (Å²) in [5, 5.41) is 9.54. The van der Waals surface area contributed by atoms with Crippen molar-refractivity contribution in [2.75, 3.05) is 13.2 Å². The molecule has 0 rings (SSSR count). The van der Waals surface area contributed by atoms with Crippen molar-refractivity contribution in [3.63, 3.8) is 0 Å². The first-order valence-corrected chi connectivity index (χ1v) is 20.7. The Morgan fingerprint density at radius 1 is 0.468 bits per heavy atom. The van der Waals surface area contributed by atoms with Crippen molar-refractivity contribution < 1.29 is 24.2 Å². The highest BCUT2D eigenvalue weighted by Crippen LogP contribution is 2.15. The molecule has 5 nitrogen and oxygen atoms in total. The number of ether oxygens (including phenoxy) is 2. The average molecular weight is 665 g/mol. The van der Waals surface area contributed by atoms with Gasteiger partial charge in [0.05, 0.1) is 6.61 Å². The number of aliphatic hydroxyl groups excluding tert-OH is 1. The molecular weight excluding hydrogens is 584 g/mol. The molecule has 0 aromatic carbocycles. The fourth-order valence-electron chi connectivity index (χ4n) is 6.14. The second kappa shape index (κ2) is 39.1. The topological polar surface area (TPSA) is 72.8 Å². The van der Waals surface area contributed by atoms with Crippen LogP contribution in [0.1, 0.15) is 226 Å². The number of allylic oxidation sites excluding steroid dienone is 2. The lowest BCUT2D eigenvalue weighted by Crippen LogP contribution is -2.28. The van der Waals surface area contributed by atoms with Crippen LogP contribution in [0.15, 0.2) is 12.2 Å². The molecule has 47 heavy (non-hydrogen) atoms. The molecular formula is C42H80O5. The van der Waals surface area contributed by atoms with Crippen LogP contribution in [0.4, 0.5) is 0 Å². The molecule has 0 bridgehead atoms. The van der Waals surface area contributed by atoms with Gasteiger partial charge in [-0.05, 0) is 38.5 Å². The second-order valence-electron chi connectivity index (χ2n) is 14.1. The zero-order valence-corrected chi connectivity index (χ0v) is 31.6. The summed E-state index contributed by atoms with van der Waals surface area (Å²) in [4.78, 5) is 24.2. The van der Waals surface area contributed by atoms with Crippen molar-refractivity contribution in [3.05, 3.63) is 12.2 Å². The minimum atomic E-state index is -0.764. The SMILES string of the molecule is CCCCCCCCCC/C=C\CCCCCCCCCCCCCC(=O)OC(CO)COC(=O)CCCCCCCCCCCC. The number of carbonyl (C=O) groups excluding carboxylic acids is 2. The standard InChI is InChI=1S/C42H80O5/c1-3-5-7-9-11-13-15-16-17-18-19-20-21-22-23-24-25-26-27-29-31-33-35-37-42(45)47-40(38-43)39-46-41(44)36-34-32-30-28-14-12-10-8-6-4-2/h18-19,40,43H,3-17,20-39H2,1-2H3/b19-18-. The van der Waals surface area contributed by atoms with E-state index in [4.69, 9.17) is 9.47 Å². The Morgan fingerprint density at radius 3 is 1.15 bits per heavy atom. The molecule has 1 atom stereocenters. The molecule has 0 aromatic rings. The van der Waals surface area contributed by atoms with Crippen LogP contribution in [0, 0.1) is 0 Å². The lowest BCUT2D eigenvalue weighted by Gasteiger charge is -2.15. The van der Waals surface area contributed by atoms with Crippen molar-refractivity contribution >= 4 is 11.9 Å². The quantitative estimate of drug-likeness (QED) is 0.0404. The van der Waals surface area contributed by atoms with E-state index in [1.165, 1.54) is 161 Å². The van der Waals surface area contributed by atoms with E-state index in [-0.39, 0.29) is 25.2 Å². The highest BCUT2D eigenvalue weighted by Gasteiger charge is 2.16. The lowest BCUT2D eigenvalue weighted by atomic mass is 10.0. The van der Waals surface area contributed by atoms with Crippen molar-refractivity contribution in [1.82, 2.24) is 0 Å². The van der Waals surface area contributed by atoms with E-state index >= 15 is 0 Å². The minimum Gasteiger partial charge on any atom is -0.462 e. The Bertz CT molecular complexity index is 676. The van der Waals surface area contributed by atoms with Gasteiger partial charge < -0.3 is 14.6 Å².